The van der Waals surface area contributed by atoms with Crippen LogP contribution in [0, 0.1) is 17.0 Å². The Kier molecular flexibility index (Phi) is 4.36. The number of primary amides is 1. The van der Waals surface area contributed by atoms with E-state index in [9.17, 15) is 14.9 Å². The van der Waals surface area contributed by atoms with E-state index in [1.807, 2.05) is 0 Å². The van der Waals surface area contributed by atoms with Crippen LogP contribution in [0.2, 0.25) is 5.02 Å². The minimum Gasteiger partial charge on any atom is -0.443 e. The van der Waals surface area contributed by atoms with E-state index in [0.717, 1.165) is 0 Å². The molecule has 0 atom stereocenters. The van der Waals surface area contributed by atoms with E-state index in [0.29, 0.717) is 16.1 Å². The Morgan fingerprint density at radius 2 is 2.11 bits per heavy atom. The lowest BCUT2D eigenvalue weighted by Crippen LogP contribution is -2.33. The van der Waals surface area contributed by atoms with Crippen molar-refractivity contribution < 1.29 is 14.5 Å². The highest BCUT2D eigenvalue weighted by molar-refractivity contribution is 6.31. The molecule has 0 aromatic heterocycles. The van der Waals surface area contributed by atoms with Gasteiger partial charge in [0, 0.05) is 23.1 Å². The smallest absolute Gasteiger partial charge is 0.405 e. The molecule has 2 N–H and O–H groups in total. The van der Waals surface area contributed by atoms with Crippen molar-refractivity contribution in [1.82, 2.24) is 0 Å². The first-order valence-corrected chi connectivity index (χ1v) is 5.92. The minimum atomic E-state index is -0.949. The number of nitro benzene ring substituents is 1. The van der Waals surface area contributed by atoms with Crippen molar-refractivity contribution in [2.75, 3.05) is 0 Å². The maximum atomic E-state index is 11.0. The van der Waals surface area contributed by atoms with Gasteiger partial charge in [-0.05, 0) is 32.4 Å². The molecule has 0 spiro atoms. The second-order valence-corrected chi connectivity index (χ2v) is 5.25. The molecule has 6 nitrogen and oxygen atoms in total. The largest absolute Gasteiger partial charge is 0.443 e. The van der Waals surface area contributed by atoms with Crippen LogP contribution in [0.25, 0.3) is 0 Å². The molecule has 0 aliphatic heterocycles. The van der Waals surface area contributed by atoms with Gasteiger partial charge in [-0.1, -0.05) is 11.6 Å². The third kappa shape index (κ3) is 4.10. The van der Waals surface area contributed by atoms with E-state index in [-0.39, 0.29) is 12.1 Å². The number of nitrogens with two attached hydrogens (primary N) is 1. The standard InChI is InChI=1S/C12H15ClN2O4/c1-7-4-10(15(17)18)8(5-9(7)13)6-12(2,3)19-11(14)16/h4-5H,6H2,1-3H3,(H2,14,16). The number of carbonyl (C=O) groups excluding carboxylic acids is 1. The maximum Gasteiger partial charge on any atom is 0.405 e. The molecule has 19 heavy (non-hydrogen) atoms. The summed E-state index contributed by atoms with van der Waals surface area (Å²) in [7, 11) is 0. The number of aryl methyl sites for hydroxylation is 1. The van der Waals surface area contributed by atoms with Gasteiger partial charge in [-0.3, -0.25) is 10.1 Å². The number of rotatable bonds is 4. The number of halogens is 1. The van der Waals surface area contributed by atoms with Crippen molar-refractivity contribution in [3.63, 3.8) is 0 Å². The van der Waals surface area contributed by atoms with Crippen molar-refractivity contribution in [3.05, 3.63) is 38.4 Å². The monoisotopic (exact) mass is 286 g/mol. The van der Waals surface area contributed by atoms with Crippen LogP contribution in [0.15, 0.2) is 12.1 Å². The van der Waals surface area contributed by atoms with Crippen LogP contribution in [0.4, 0.5) is 10.5 Å². The topological polar surface area (TPSA) is 95.5 Å². The molecule has 0 saturated heterocycles. The molecule has 0 aliphatic carbocycles. The van der Waals surface area contributed by atoms with Gasteiger partial charge in [0.2, 0.25) is 0 Å². The third-order valence-corrected chi connectivity index (χ3v) is 2.96. The number of amides is 1. The van der Waals surface area contributed by atoms with Crippen molar-refractivity contribution >= 4 is 23.4 Å². The fourth-order valence-corrected chi connectivity index (χ4v) is 1.97. The van der Waals surface area contributed by atoms with Gasteiger partial charge >= 0.3 is 6.09 Å². The summed E-state index contributed by atoms with van der Waals surface area (Å²) >= 11 is 5.97. The molecule has 1 aromatic carbocycles. The molecular weight excluding hydrogens is 272 g/mol. The molecule has 7 heteroatoms. The summed E-state index contributed by atoms with van der Waals surface area (Å²) in [6.45, 7) is 4.93. The molecule has 0 radical (unpaired) electrons. The number of carbonyl (C=O) groups is 1. The van der Waals surface area contributed by atoms with Gasteiger partial charge in [0.1, 0.15) is 5.60 Å². The normalized spacial score (nSPS) is 11.2. The van der Waals surface area contributed by atoms with Crippen LogP contribution in [0.5, 0.6) is 0 Å². The highest BCUT2D eigenvalue weighted by atomic mass is 35.5. The second kappa shape index (κ2) is 5.44. The van der Waals surface area contributed by atoms with Gasteiger partial charge in [-0.25, -0.2) is 4.79 Å². The summed E-state index contributed by atoms with van der Waals surface area (Å²) in [4.78, 5) is 21.3. The summed E-state index contributed by atoms with van der Waals surface area (Å²) < 4.78 is 4.92. The lowest BCUT2D eigenvalue weighted by molar-refractivity contribution is -0.385. The number of ether oxygens (including phenoxy) is 1. The molecule has 0 fully saturated rings. The predicted octanol–water partition coefficient (Wildman–Crippen LogP) is 2.97. The molecule has 0 unspecified atom stereocenters. The lowest BCUT2D eigenvalue weighted by Gasteiger charge is -2.24. The van der Waals surface area contributed by atoms with E-state index in [1.54, 1.807) is 20.8 Å². The van der Waals surface area contributed by atoms with Crippen molar-refractivity contribution in [3.8, 4) is 0 Å². The molecule has 0 bridgehead atoms. The Hall–Kier alpha value is -1.82. The minimum absolute atomic E-state index is 0.0527. The van der Waals surface area contributed by atoms with E-state index in [4.69, 9.17) is 22.1 Å². The number of benzene rings is 1. The van der Waals surface area contributed by atoms with E-state index >= 15 is 0 Å². The highest BCUT2D eigenvalue weighted by Gasteiger charge is 2.27. The second-order valence-electron chi connectivity index (χ2n) is 4.84. The van der Waals surface area contributed by atoms with Crippen LogP contribution in [-0.4, -0.2) is 16.6 Å². The Bertz CT molecular complexity index is 529. The Balaban J connectivity index is 3.16. The average Bonchev–Trinajstić information content (AvgIpc) is 2.19. The number of nitro groups is 1. The molecule has 0 heterocycles. The zero-order valence-electron chi connectivity index (χ0n) is 10.9. The SMILES string of the molecule is Cc1cc([N+](=O)[O-])c(CC(C)(C)OC(N)=O)cc1Cl. The number of hydrogen-bond donors (Lipinski definition) is 1. The van der Waals surface area contributed by atoms with Gasteiger partial charge in [0.15, 0.2) is 0 Å². The Labute approximate surface area is 115 Å². The molecular formula is C12H15ClN2O4. The summed E-state index contributed by atoms with van der Waals surface area (Å²) in [5, 5.41) is 11.4. The van der Waals surface area contributed by atoms with Crippen LogP contribution in [0.3, 0.4) is 0 Å². The average molecular weight is 287 g/mol. The Morgan fingerprint density at radius 3 is 2.58 bits per heavy atom. The van der Waals surface area contributed by atoms with E-state index < -0.39 is 16.6 Å². The fourth-order valence-electron chi connectivity index (χ4n) is 1.79. The molecule has 1 aromatic rings. The number of hydrogen-bond acceptors (Lipinski definition) is 4. The summed E-state index contributed by atoms with van der Waals surface area (Å²) in [6, 6.07) is 2.92. The molecule has 0 saturated carbocycles. The first-order chi connectivity index (χ1) is 8.62. The molecule has 1 amide bonds. The predicted molar refractivity (Wildman–Crippen MR) is 71.3 cm³/mol. The Morgan fingerprint density at radius 1 is 1.53 bits per heavy atom. The van der Waals surface area contributed by atoms with E-state index in [2.05, 4.69) is 0 Å². The first-order valence-electron chi connectivity index (χ1n) is 5.54. The van der Waals surface area contributed by atoms with Gasteiger partial charge < -0.3 is 10.5 Å². The lowest BCUT2D eigenvalue weighted by atomic mass is 9.96. The summed E-state index contributed by atoms with van der Waals surface area (Å²) in [6.07, 6.45) is -0.780. The first kappa shape index (κ1) is 15.2. The number of nitrogens with zero attached hydrogens (tertiary/aromatic N) is 1. The van der Waals surface area contributed by atoms with Gasteiger partial charge in [-0.15, -0.1) is 0 Å². The van der Waals surface area contributed by atoms with Gasteiger partial charge in [0.25, 0.3) is 5.69 Å². The third-order valence-electron chi connectivity index (χ3n) is 2.55. The zero-order chi connectivity index (χ0) is 14.8. The van der Waals surface area contributed by atoms with Crippen LogP contribution in [-0.2, 0) is 11.2 Å². The van der Waals surface area contributed by atoms with Gasteiger partial charge in [0.05, 0.1) is 4.92 Å². The quantitative estimate of drug-likeness (QED) is 0.680. The maximum absolute atomic E-state index is 11.0. The van der Waals surface area contributed by atoms with E-state index in [1.165, 1.54) is 12.1 Å². The molecule has 1 rings (SSSR count). The summed E-state index contributed by atoms with van der Waals surface area (Å²) in [5.41, 5.74) is 4.97. The van der Waals surface area contributed by atoms with Crippen LogP contribution in [0.1, 0.15) is 25.0 Å². The summed E-state index contributed by atoms with van der Waals surface area (Å²) in [5.74, 6) is 0. The van der Waals surface area contributed by atoms with Crippen LogP contribution < -0.4 is 5.73 Å². The molecule has 104 valence electrons. The van der Waals surface area contributed by atoms with Crippen LogP contribution >= 0.6 is 11.6 Å². The van der Waals surface area contributed by atoms with Crippen molar-refractivity contribution in [2.45, 2.75) is 32.8 Å². The van der Waals surface area contributed by atoms with Crippen molar-refractivity contribution in [2.24, 2.45) is 5.73 Å². The highest BCUT2D eigenvalue weighted by Crippen LogP contribution is 2.30. The molecule has 0 aliphatic rings. The van der Waals surface area contributed by atoms with Crippen molar-refractivity contribution in [1.29, 1.82) is 0 Å². The van der Waals surface area contributed by atoms with Gasteiger partial charge in [-0.2, -0.15) is 0 Å². The zero-order valence-corrected chi connectivity index (χ0v) is 11.7. The fraction of sp³-hybridized carbons (Fsp3) is 0.417.